The van der Waals surface area contributed by atoms with Crippen molar-refractivity contribution < 1.29 is 14.3 Å². The van der Waals surface area contributed by atoms with E-state index in [9.17, 15) is 9.59 Å². The van der Waals surface area contributed by atoms with Crippen LogP contribution in [-0.4, -0.2) is 22.6 Å². The van der Waals surface area contributed by atoms with Gasteiger partial charge in [0.25, 0.3) is 0 Å². The van der Waals surface area contributed by atoms with E-state index in [0.717, 1.165) is 27.9 Å². The number of benzene rings is 2. The number of nitrogens with zero attached hydrogens (tertiary/aromatic N) is 1. The number of nitrogens with one attached hydrogen (secondary N) is 1. The van der Waals surface area contributed by atoms with Gasteiger partial charge in [0, 0.05) is 35.5 Å². The standard InChI is InChI=1S/C27H31N3O3/c1-18(19-9-6-5-7-10-19)23-17-20(30-26(32)33-27(2,3)4)12-13-21(23)22-11-8-16-29-24(22)14-15-25(28)31/h5-13,16-18H,14-15H2,1-4H3,(H2,28,31)(H,30,32). The smallest absolute Gasteiger partial charge is 0.412 e. The van der Waals surface area contributed by atoms with Crippen LogP contribution in [0.1, 0.15) is 56.9 Å². The van der Waals surface area contributed by atoms with E-state index in [1.807, 2.05) is 69.3 Å². The van der Waals surface area contributed by atoms with Crippen LogP contribution in [0.2, 0.25) is 0 Å². The number of amides is 2. The number of aryl methyl sites for hydroxylation is 1. The molecular weight excluding hydrogens is 414 g/mol. The van der Waals surface area contributed by atoms with Crippen molar-refractivity contribution in [3.63, 3.8) is 0 Å². The first kappa shape index (κ1) is 24.0. The van der Waals surface area contributed by atoms with Crippen molar-refractivity contribution in [3.8, 4) is 11.1 Å². The van der Waals surface area contributed by atoms with Gasteiger partial charge in [0.2, 0.25) is 5.91 Å². The molecule has 3 rings (SSSR count). The van der Waals surface area contributed by atoms with Crippen molar-refractivity contribution >= 4 is 17.7 Å². The zero-order valence-corrected chi connectivity index (χ0v) is 19.6. The Morgan fingerprint density at radius 3 is 2.42 bits per heavy atom. The molecule has 1 heterocycles. The van der Waals surface area contributed by atoms with Crippen LogP contribution in [0.25, 0.3) is 11.1 Å². The highest BCUT2D eigenvalue weighted by Gasteiger charge is 2.20. The number of pyridine rings is 1. The van der Waals surface area contributed by atoms with E-state index in [-0.39, 0.29) is 18.2 Å². The van der Waals surface area contributed by atoms with Crippen LogP contribution in [0.3, 0.4) is 0 Å². The molecule has 3 N–H and O–H groups in total. The predicted octanol–water partition coefficient (Wildman–Crippen LogP) is 5.67. The molecule has 0 spiro atoms. The van der Waals surface area contributed by atoms with Crippen molar-refractivity contribution in [2.45, 2.75) is 52.1 Å². The van der Waals surface area contributed by atoms with Crippen LogP contribution >= 0.6 is 0 Å². The molecule has 6 nitrogen and oxygen atoms in total. The molecule has 3 aromatic rings. The zero-order valence-electron chi connectivity index (χ0n) is 19.6. The van der Waals surface area contributed by atoms with Crippen LogP contribution < -0.4 is 11.1 Å². The summed E-state index contributed by atoms with van der Waals surface area (Å²) in [6, 6.07) is 19.9. The molecule has 1 aromatic heterocycles. The Morgan fingerprint density at radius 2 is 1.76 bits per heavy atom. The van der Waals surface area contributed by atoms with Crippen molar-refractivity contribution in [3.05, 3.63) is 83.7 Å². The molecule has 172 valence electrons. The summed E-state index contributed by atoms with van der Waals surface area (Å²) >= 11 is 0. The molecule has 0 saturated carbocycles. The molecule has 1 unspecified atom stereocenters. The van der Waals surface area contributed by atoms with Crippen LogP contribution in [0.4, 0.5) is 10.5 Å². The number of hydrogen-bond acceptors (Lipinski definition) is 4. The molecule has 0 aliphatic carbocycles. The Balaban J connectivity index is 2.05. The number of ether oxygens (including phenoxy) is 1. The van der Waals surface area contributed by atoms with E-state index < -0.39 is 11.7 Å². The summed E-state index contributed by atoms with van der Waals surface area (Å²) in [6.45, 7) is 7.61. The van der Waals surface area contributed by atoms with Gasteiger partial charge in [-0.2, -0.15) is 0 Å². The number of carbonyl (C=O) groups excluding carboxylic acids is 2. The van der Waals surface area contributed by atoms with Gasteiger partial charge in [-0.3, -0.25) is 15.1 Å². The minimum absolute atomic E-state index is 0.0470. The van der Waals surface area contributed by atoms with Gasteiger partial charge in [-0.15, -0.1) is 0 Å². The fraction of sp³-hybridized carbons (Fsp3) is 0.296. The van der Waals surface area contributed by atoms with E-state index in [4.69, 9.17) is 10.5 Å². The summed E-state index contributed by atoms with van der Waals surface area (Å²) in [7, 11) is 0. The van der Waals surface area contributed by atoms with Crippen molar-refractivity contribution in [2.75, 3.05) is 5.32 Å². The molecule has 0 radical (unpaired) electrons. The second-order valence-electron chi connectivity index (χ2n) is 9.03. The SMILES string of the molecule is CC(c1ccccc1)c1cc(NC(=O)OC(C)(C)C)ccc1-c1cccnc1CCC(N)=O. The van der Waals surface area contributed by atoms with Gasteiger partial charge in [-0.25, -0.2) is 4.79 Å². The van der Waals surface area contributed by atoms with E-state index >= 15 is 0 Å². The summed E-state index contributed by atoms with van der Waals surface area (Å²) in [5.74, 6) is -0.313. The molecule has 6 heteroatoms. The highest BCUT2D eigenvalue weighted by Crippen LogP contribution is 2.36. The molecule has 2 amide bonds. The highest BCUT2D eigenvalue weighted by molar-refractivity contribution is 5.86. The average molecular weight is 446 g/mol. The number of carbonyl (C=O) groups is 2. The maximum absolute atomic E-state index is 12.4. The highest BCUT2D eigenvalue weighted by atomic mass is 16.6. The molecule has 0 aliphatic heterocycles. The molecule has 2 aromatic carbocycles. The van der Waals surface area contributed by atoms with Crippen LogP contribution in [0.5, 0.6) is 0 Å². The van der Waals surface area contributed by atoms with Crippen molar-refractivity contribution in [2.24, 2.45) is 5.73 Å². The molecule has 33 heavy (non-hydrogen) atoms. The van der Waals surface area contributed by atoms with Gasteiger partial charge in [0.1, 0.15) is 5.60 Å². The van der Waals surface area contributed by atoms with Crippen LogP contribution in [0, 0.1) is 0 Å². The maximum atomic E-state index is 12.4. The fourth-order valence-corrected chi connectivity index (χ4v) is 3.71. The van der Waals surface area contributed by atoms with Crippen LogP contribution in [0.15, 0.2) is 66.9 Å². The summed E-state index contributed by atoms with van der Waals surface area (Å²) in [5.41, 5.74) is 10.4. The maximum Gasteiger partial charge on any atom is 0.412 e. The Hall–Kier alpha value is -3.67. The number of nitrogens with two attached hydrogens (primary N) is 1. The average Bonchev–Trinajstić information content (AvgIpc) is 2.76. The van der Waals surface area contributed by atoms with E-state index in [0.29, 0.717) is 12.1 Å². The molecule has 0 bridgehead atoms. The number of anilines is 1. The molecular formula is C27H31N3O3. The van der Waals surface area contributed by atoms with E-state index in [2.05, 4.69) is 29.4 Å². The molecule has 0 aliphatic rings. The zero-order chi connectivity index (χ0) is 24.0. The third-order valence-electron chi connectivity index (χ3n) is 5.25. The van der Waals surface area contributed by atoms with Gasteiger partial charge >= 0.3 is 6.09 Å². The molecule has 0 saturated heterocycles. The minimum atomic E-state index is -0.588. The second kappa shape index (κ2) is 10.3. The Labute approximate surface area is 195 Å². The van der Waals surface area contributed by atoms with Gasteiger partial charge in [-0.1, -0.05) is 49.4 Å². The van der Waals surface area contributed by atoms with Crippen molar-refractivity contribution in [1.29, 1.82) is 0 Å². The lowest BCUT2D eigenvalue weighted by molar-refractivity contribution is -0.118. The number of primary amides is 1. The van der Waals surface area contributed by atoms with E-state index in [1.54, 1.807) is 6.20 Å². The minimum Gasteiger partial charge on any atom is -0.444 e. The Kier molecular flexibility index (Phi) is 7.48. The Bertz CT molecular complexity index is 1120. The first-order chi connectivity index (χ1) is 15.6. The second-order valence-corrected chi connectivity index (χ2v) is 9.03. The molecule has 1 atom stereocenters. The van der Waals surface area contributed by atoms with Gasteiger partial charge in [-0.05, 0) is 62.1 Å². The first-order valence-corrected chi connectivity index (χ1v) is 11.1. The fourth-order valence-electron chi connectivity index (χ4n) is 3.71. The quantitative estimate of drug-likeness (QED) is 0.490. The first-order valence-electron chi connectivity index (χ1n) is 11.1. The predicted molar refractivity (Wildman–Crippen MR) is 131 cm³/mol. The normalized spacial score (nSPS) is 12.1. The lowest BCUT2D eigenvalue weighted by atomic mass is 9.86. The number of hydrogen-bond donors (Lipinski definition) is 2. The van der Waals surface area contributed by atoms with Crippen LogP contribution in [-0.2, 0) is 16.0 Å². The van der Waals surface area contributed by atoms with Gasteiger partial charge in [0.15, 0.2) is 0 Å². The summed E-state index contributed by atoms with van der Waals surface area (Å²) in [4.78, 5) is 28.2. The topological polar surface area (TPSA) is 94.3 Å². The van der Waals surface area contributed by atoms with Gasteiger partial charge < -0.3 is 10.5 Å². The summed E-state index contributed by atoms with van der Waals surface area (Å²) < 4.78 is 5.41. The lowest BCUT2D eigenvalue weighted by Crippen LogP contribution is -2.27. The van der Waals surface area contributed by atoms with Gasteiger partial charge in [0.05, 0.1) is 0 Å². The van der Waals surface area contributed by atoms with E-state index in [1.165, 1.54) is 0 Å². The Morgan fingerprint density at radius 1 is 1.03 bits per heavy atom. The third-order valence-corrected chi connectivity index (χ3v) is 5.25. The van der Waals surface area contributed by atoms with Crippen molar-refractivity contribution in [1.82, 2.24) is 4.98 Å². The number of rotatable bonds is 7. The largest absolute Gasteiger partial charge is 0.444 e. The third kappa shape index (κ3) is 6.65. The lowest BCUT2D eigenvalue weighted by Gasteiger charge is -2.22. The monoisotopic (exact) mass is 445 g/mol. The molecule has 0 fully saturated rings. The summed E-state index contributed by atoms with van der Waals surface area (Å²) in [6.07, 6.45) is 1.91. The summed E-state index contributed by atoms with van der Waals surface area (Å²) in [5, 5.41) is 2.84. The number of aromatic nitrogens is 1.